The molecule has 0 radical (unpaired) electrons. The average molecular weight is 469 g/mol. The maximum Gasteiger partial charge on any atom is 0.257 e. The maximum atomic E-state index is 12.7. The van der Waals surface area contributed by atoms with Crippen molar-refractivity contribution in [2.24, 2.45) is 0 Å². The molecule has 0 amide bonds. The van der Waals surface area contributed by atoms with Gasteiger partial charge in [-0.2, -0.15) is 0 Å². The number of hydrogen-bond donors (Lipinski definition) is 2. The first-order valence-electron chi connectivity index (χ1n) is 11.7. The Morgan fingerprint density at radius 2 is 1.66 bits per heavy atom. The van der Waals surface area contributed by atoms with Crippen LogP contribution in [0.3, 0.4) is 0 Å². The number of hydrogen-bond acceptors (Lipinski definition) is 5. The molecule has 0 unspecified atom stereocenters. The molecule has 0 bridgehead atoms. The summed E-state index contributed by atoms with van der Waals surface area (Å²) in [6.45, 7) is 3.63. The van der Waals surface area contributed by atoms with Crippen LogP contribution in [0.2, 0.25) is 0 Å². The SMILES string of the molecule is COCCN(CCOc1ccc2[nH]c(-c3cc4ccccc4[nH]c3=O)cc2c1)Cc1ccncc1. The molecule has 3 aromatic heterocycles. The largest absolute Gasteiger partial charge is 0.492 e. The first-order chi connectivity index (χ1) is 17.2. The zero-order valence-corrected chi connectivity index (χ0v) is 19.7. The summed E-state index contributed by atoms with van der Waals surface area (Å²) in [5.74, 6) is 0.797. The topological polar surface area (TPSA) is 83.2 Å². The van der Waals surface area contributed by atoms with Crippen LogP contribution < -0.4 is 10.3 Å². The van der Waals surface area contributed by atoms with Gasteiger partial charge >= 0.3 is 0 Å². The first kappa shape index (κ1) is 22.8. The van der Waals surface area contributed by atoms with Crippen molar-refractivity contribution < 1.29 is 9.47 Å². The fourth-order valence-electron chi connectivity index (χ4n) is 4.22. The third-order valence-electron chi connectivity index (χ3n) is 6.08. The van der Waals surface area contributed by atoms with Gasteiger partial charge in [0.1, 0.15) is 12.4 Å². The van der Waals surface area contributed by atoms with Gasteiger partial charge in [-0.1, -0.05) is 18.2 Å². The summed E-state index contributed by atoms with van der Waals surface area (Å²) < 4.78 is 11.4. The van der Waals surface area contributed by atoms with Crippen LogP contribution in [0.4, 0.5) is 0 Å². The van der Waals surface area contributed by atoms with Gasteiger partial charge < -0.3 is 19.4 Å². The Morgan fingerprint density at radius 3 is 2.51 bits per heavy atom. The molecule has 0 fully saturated rings. The Bertz CT molecular complexity index is 1480. The summed E-state index contributed by atoms with van der Waals surface area (Å²) in [6.07, 6.45) is 3.62. The van der Waals surface area contributed by atoms with Crippen molar-refractivity contribution in [3.63, 3.8) is 0 Å². The van der Waals surface area contributed by atoms with Crippen LogP contribution in [-0.2, 0) is 11.3 Å². The lowest BCUT2D eigenvalue weighted by atomic mass is 10.1. The van der Waals surface area contributed by atoms with Crippen LogP contribution in [0.25, 0.3) is 33.1 Å². The molecule has 5 aromatic rings. The molecule has 0 aliphatic rings. The second kappa shape index (κ2) is 10.5. The fourth-order valence-corrected chi connectivity index (χ4v) is 4.22. The summed E-state index contributed by atoms with van der Waals surface area (Å²) in [5, 5.41) is 1.99. The second-order valence-corrected chi connectivity index (χ2v) is 8.50. The molecule has 3 heterocycles. The number of ether oxygens (including phenoxy) is 2. The molecular weight excluding hydrogens is 440 g/mol. The van der Waals surface area contributed by atoms with Crippen LogP contribution >= 0.6 is 0 Å². The fraction of sp³-hybridized carbons (Fsp3) is 0.214. The number of rotatable bonds is 10. The summed E-state index contributed by atoms with van der Waals surface area (Å²) in [5.41, 5.74) is 4.29. The van der Waals surface area contributed by atoms with E-state index in [9.17, 15) is 4.79 Å². The molecule has 178 valence electrons. The molecular formula is C28H28N4O3. The molecule has 0 aliphatic heterocycles. The highest BCUT2D eigenvalue weighted by Crippen LogP contribution is 2.27. The number of H-pyrrole nitrogens is 2. The van der Waals surface area contributed by atoms with E-state index < -0.39 is 0 Å². The Balaban J connectivity index is 1.28. The van der Waals surface area contributed by atoms with Gasteiger partial charge in [-0.15, -0.1) is 0 Å². The molecule has 0 saturated heterocycles. The van der Waals surface area contributed by atoms with Crippen molar-refractivity contribution in [3.05, 3.63) is 95.0 Å². The highest BCUT2D eigenvalue weighted by Gasteiger charge is 2.11. The highest BCUT2D eigenvalue weighted by molar-refractivity contribution is 5.89. The normalized spacial score (nSPS) is 11.5. The summed E-state index contributed by atoms with van der Waals surface area (Å²) in [6, 6.07) is 21.7. The summed E-state index contributed by atoms with van der Waals surface area (Å²) >= 11 is 0. The van der Waals surface area contributed by atoms with Gasteiger partial charge in [-0.25, -0.2) is 0 Å². The van der Waals surface area contributed by atoms with Gasteiger partial charge in [0.2, 0.25) is 0 Å². The van der Waals surface area contributed by atoms with Crippen molar-refractivity contribution in [2.75, 3.05) is 33.4 Å². The van der Waals surface area contributed by atoms with E-state index in [0.717, 1.165) is 52.9 Å². The molecule has 35 heavy (non-hydrogen) atoms. The minimum absolute atomic E-state index is 0.114. The smallest absolute Gasteiger partial charge is 0.257 e. The van der Waals surface area contributed by atoms with Crippen molar-refractivity contribution in [2.45, 2.75) is 6.54 Å². The van der Waals surface area contributed by atoms with Crippen molar-refractivity contribution in [1.82, 2.24) is 19.9 Å². The molecule has 0 saturated carbocycles. The molecule has 5 rings (SSSR count). The van der Waals surface area contributed by atoms with Gasteiger partial charge in [-0.05, 0) is 59.5 Å². The van der Waals surface area contributed by atoms with Crippen molar-refractivity contribution >= 4 is 21.8 Å². The quantitative estimate of drug-likeness (QED) is 0.313. The van der Waals surface area contributed by atoms with E-state index in [1.54, 1.807) is 7.11 Å². The van der Waals surface area contributed by atoms with Crippen molar-refractivity contribution in [1.29, 1.82) is 0 Å². The zero-order valence-electron chi connectivity index (χ0n) is 19.7. The predicted octanol–water partition coefficient (Wildman–Crippen LogP) is 4.60. The number of para-hydroxylation sites is 1. The number of aromatic amines is 2. The number of nitrogens with one attached hydrogen (secondary N) is 2. The van der Waals surface area contributed by atoms with E-state index in [0.29, 0.717) is 18.8 Å². The standard InChI is InChI=1S/C28H28N4O3/c1-34-14-12-32(19-20-8-10-29-11-9-20)13-15-35-23-6-7-26-22(16-23)18-27(30-26)24-17-21-4-2-3-5-25(21)31-28(24)33/h2-11,16-18,30H,12-15,19H2,1H3,(H,31,33). The highest BCUT2D eigenvalue weighted by atomic mass is 16.5. The number of aromatic nitrogens is 3. The van der Waals surface area contributed by atoms with E-state index in [-0.39, 0.29) is 5.56 Å². The molecule has 2 N–H and O–H groups in total. The Morgan fingerprint density at radius 1 is 0.857 bits per heavy atom. The Hall–Kier alpha value is -3.94. The lowest BCUT2D eigenvalue weighted by Crippen LogP contribution is -2.31. The lowest BCUT2D eigenvalue weighted by Gasteiger charge is -2.22. The summed E-state index contributed by atoms with van der Waals surface area (Å²) in [7, 11) is 1.72. The van der Waals surface area contributed by atoms with Crippen LogP contribution in [-0.4, -0.2) is 53.3 Å². The zero-order chi connectivity index (χ0) is 24.0. The van der Waals surface area contributed by atoms with Crippen molar-refractivity contribution in [3.8, 4) is 17.0 Å². The van der Waals surface area contributed by atoms with E-state index in [2.05, 4.69) is 19.9 Å². The van der Waals surface area contributed by atoms with E-state index >= 15 is 0 Å². The van der Waals surface area contributed by atoms with Crippen LogP contribution in [0, 0.1) is 0 Å². The van der Waals surface area contributed by atoms with E-state index in [1.165, 1.54) is 5.56 Å². The van der Waals surface area contributed by atoms with Gasteiger partial charge in [0.15, 0.2) is 0 Å². The second-order valence-electron chi connectivity index (χ2n) is 8.50. The first-order valence-corrected chi connectivity index (χ1v) is 11.7. The molecule has 2 aromatic carbocycles. The third kappa shape index (κ3) is 5.42. The van der Waals surface area contributed by atoms with Crippen LogP contribution in [0.5, 0.6) is 5.75 Å². The molecule has 0 aliphatic carbocycles. The lowest BCUT2D eigenvalue weighted by molar-refractivity contribution is 0.131. The molecule has 7 heteroatoms. The van der Waals surface area contributed by atoms with Gasteiger partial charge in [0.25, 0.3) is 5.56 Å². The maximum absolute atomic E-state index is 12.7. The number of methoxy groups -OCH3 is 1. The Labute approximate surface area is 203 Å². The molecule has 0 spiro atoms. The average Bonchev–Trinajstić information content (AvgIpc) is 3.30. The predicted molar refractivity (Wildman–Crippen MR) is 139 cm³/mol. The number of fused-ring (bicyclic) bond motifs is 2. The number of benzene rings is 2. The molecule has 0 atom stereocenters. The minimum Gasteiger partial charge on any atom is -0.492 e. The van der Waals surface area contributed by atoms with Crippen LogP contribution in [0.1, 0.15) is 5.56 Å². The Kier molecular flexibility index (Phi) is 6.88. The molecule has 7 nitrogen and oxygen atoms in total. The number of nitrogens with zero attached hydrogens (tertiary/aromatic N) is 2. The van der Waals surface area contributed by atoms with E-state index in [1.807, 2.05) is 79.1 Å². The summed E-state index contributed by atoms with van der Waals surface area (Å²) in [4.78, 5) is 25.4. The minimum atomic E-state index is -0.114. The monoisotopic (exact) mass is 468 g/mol. The third-order valence-corrected chi connectivity index (χ3v) is 6.08. The number of pyridine rings is 2. The van der Waals surface area contributed by atoms with Gasteiger partial charge in [0, 0.05) is 55.6 Å². The van der Waals surface area contributed by atoms with Gasteiger partial charge in [-0.3, -0.25) is 14.7 Å². The van der Waals surface area contributed by atoms with Gasteiger partial charge in [0.05, 0.1) is 17.9 Å². The van der Waals surface area contributed by atoms with Crippen LogP contribution in [0.15, 0.2) is 83.9 Å². The van der Waals surface area contributed by atoms with E-state index in [4.69, 9.17) is 9.47 Å².